The van der Waals surface area contributed by atoms with E-state index in [0.29, 0.717) is 37.8 Å². The Morgan fingerprint density at radius 2 is 1.85 bits per heavy atom. The molecule has 0 aromatic heterocycles. The summed E-state index contributed by atoms with van der Waals surface area (Å²) in [7, 11) is 1.48. The molecule has 3 aromatic carbocycles. The number of nitrogens with one attached hydrogen (secondary N) is 1. The molecular weight excluding hydrogens is 541 g/mol. The van der Waals surface area contributed by atoms with Gasteiger partial charge in [0.05, 0.1) is 28.8 Å². The minimum atomic E-state index is -0.611. The molecule has 0 saturated heterocycles. The van der Waals surface area contributed by atoms with Crippen LogP contribution in [-0.2, 0) is 11.4 Å². The van der Waals surface area contributed by atoms with E-state index in [2.05, 4.69) is 27.3 Å². The van der Waals surface area contributed by atoms with Crippen molar-refractivity contribution in [3.63, 3.8) is 0 Å². The fourth-order valence-electron chi connectivity index (χ4n) is 2.92. The van der Waals surface area contributed by atoms with Crippen LogP contribution in [0, 0.1) is 22.7 Å². The quantitative estimate of drug-likeness (QED) is 0.256. The van der Waals surface area contributed by atoms with E-state index in [1.54, 1.807) is 36.4 Å². The molecule has 0 fully saturated rings. The molecule has 0 saturated carbocycles. The minimum Gasteiger partial charge on any atom is -0.493 e. The number of methoxy groups -OCH3 is 1. The zero-order chi connectivity index (χ0) is 24.7. The first-order valence-corrected chi connectivity index (χ1v) is 11.3. The molecule has 0 atom stereocenters. The molecule has 0 aliphatic heterocycles. The second kappa shape index (κ2) is 11.6. The van der Waals surface area contributed by atoms with Gasteiger partial charge in [-0.25, -0.2) is 0 Å². The lowest BCUT2D eigenvalue weighted by molar-refractivity contribution is -0.112. The van der Waals surface area contributed by atoms with Gasteiger partial charge in [-0.2, -0.15) is 10.5 Å². The van der Waals surface area contributed by atoms with Crippen molar-refractivity contribution in [1.29, 1.82) is 10.5 Å². The average Bonchev–Trinajstić information content (AvgIpc) is 2.84. The summed E-state index contributed by atoms with van der Waals surface area (Å²) in [5.41, 5.74) is 2.05. The number of ether oxygens (including phenoxy) is 2. The number of rotatable bonds is 7. The number of halogens is 3. The maximum atomic E-state index is 12.6. The van der Waals surface area contributed by atoms with Gasteiger partial charge in [-0.3, -0.25) is 4.79 Å². The second-order valence-corrected chi connectivity index (χ2v) is 8.50. The fraction of sp³-hybridized carbons (Fsp3) is 0.0800. The summed E-state index contributed by atoms with van der Waals surface area (Å²) < 4.78 is 11.9. The second-order valence-electron chi connectivity index (χ2n) is 6.84. The molecule has 0 radical (unpaired) electrons. The monoisotopic (exact) mass is 555 g/mol. The summed E-state index contributed by atoms with van der Waals surface area (Å²) in [5.74, 6) is 0.212. The molecule has 9 heteroatoms. The van der Waals surface area contributed by atoms with Crippen molar-refractivity contribution in [3.8, 4) is 23.6 Å². The van der Waals surface area contributed by atoms with E-state index in [1.807, 2.05) is 18.2 Å². The maximum Gasteiger partial charge on any atom is 0.266 e. The first-order valence-electron chi connectivity index (χ1n) is 9.72. The Morgan fingerprint density at radius 1 is 1.09 bits per heavy atom. The molecule has 0 aliphatic rings. The topological polar surface area (TPSA) is 95.1 Å². The van der Waals surface area contributed by atoms with E-state index in [0.717, 1.165) is 5.56 Å². The standard InChI is InChI=1S/C25H16BrCl2N3O3/c1-33-23-9-17(8-18(13-30)25(32)31-19-6-7-21(27)22(28)10-19)20(26)11-24(23)34-14-16-5-3-2-4-15(16)12-29/h2-11H,14H2,1H3,(H,31,32)/b18-8+. The lowest BCUT2D eigenvalue weighted by atomic mass is 10.1. The number of amides is 1. The molecule has 3 aromatic rings. The van der Waals surface area contributed by atoms with Crippen LogP contribution in [0.4, 0.5) is 5.69 Å². The number of anilines is 1. The summed E-state index contributed by atoms with van der Waals surface area (Å²) in [6.07, 6.45) is 1.42. The molecular formula is C25H16BrCl2N3O3. The fourth-order valence-corrected chi connectivity index (χ4v) is 3.66. The lowest BCUT2D eigenvalue weighted by Gasteiger charge is -2.14. The highest BCUT2D eigenvalue weighted by Gasteiger charge is 2.15. The van der Waals surface area contributed by atoms with Crippen LogP contribution in [0.5, 0.6) is 11.5 Å². The van der Waals surface area contributed by atoms with Crippen LogP contribution in [0.1, 0.15) is 16.7 Å². The number of nitrogens with zero attached hydrogens (tertiary/aromatic N) is 2. The van der Waals surface area contributed by atoms with Crippen molar-refractivity contribution in [3.05, 3.63) is 91.4 Å². The molecule has 0 bridgehead atoms. The molecule has 170 valence electrons. The molecule has 0 aliphatic carbocycles. The average molecular weight is 557 g/mol. The zero-order valence-corrected chi connectivity index (χ0v) is 20.8. The SMILES string of the molecule is COc1cc(/C=C(\C#N)C(=O)Nc2ccc(Cl)c(Cl)c2)c(Br)cc1OCc1ccccc1C#N. The predicted molar refractivity (Wildman–Crippen MR) is 135 cm³/mol. The summed E-state index contributed by atoms with van der Waals surface area (Å²) in [4.78, 5) is 12.6. The zero-order valence-electron chi connectivity index (χ0n) is 17.7. The highest BCUT2D eigenvalue weighted by atomic mass is 79.9. The third kappa shape index (κ3) is 6.09. The molecule has 1 amide bonds. The Kier molecular flexibility index (Phi) is 8.56. The Bertz CT molecular complexity index is 1360. The first kappa shape index (κ1) is 25.1. The van der Waals surface area contributed by atoms with Gasteiger partial charge >= 0.3 is 0 Å². The van der Waals surface area contributed by atoms with Crippen molar-refractivity contribution in [2.45, 2.75) is 6.61 Å². The molecule has 6 nitrogen and oxygen atoms in total. The number of benzene rings is 3. The number of carbonyl (C=O) groups excluding carboxylic acids is 1. The van der Waals surface area contributed by atoms with E-state index in [4.69, 9.17) is 32.7 Å². The number of hydrogen-bond acceptors (Lipinski definition) is 5. The van der Waals surface area contributed by atoms with Crippen LogP contribution in [-0.4, -0.2) is 13.0 Å². The van der Waals surface area contributed by atoms with Crippen LogP contribution in [0.15, 0.2) is 64.6 Å². The van der Waals surface area contributed by atoms with Crippen LogP contribution < -0.4 is 14.8 Å². The maximum absolute atomic E-state index is 12.6. The minimum absolute atomic E-state index is 0.134. The third-order valence-corrected chi connectivity index (χ3v) is 6.07. The van der Waals surface area contributed by atoms with Gasteiger partial charge in [-0.1, -0.05) is 57.3 Å². The summed E-state index contributed by atoms with van der Waals surface area (Å²) in [6.45, 7) is 0.164. The van der Waals surface area contributed by atoms with E-state index >= 15 is 0 Å². The molecule has 0 spiro atoms. The van der Waals surface area contributed by atoms with Crippen molar-refractivity contribution >= 4 is 56.8 Å². The van der Waals surface area contributed by atoms with Gasteiger partial charge < -0.3 is 14.8 Å². The van der Waals surface area contributed by atoms with Crippen molar-refractivity contribution in [1.82, 2.24) is 0 Å². The Hall–Kier alpha value is -3.49. The molecule has 0 heterocycles. The van der Waals surface area contributed by atoms with Crippen molar-refractivity contribution < 1.29 is 14.3 Å². The van der Waals surface area contributed by atoms with E-state index < -0.39 is 5.91 Å². The molecule has 0 unspecified atom stereocenters. The predicted octanol–water partition coefficient (Wildman–Crippen LogP) is 6.76. The largest absolute Gasteiger partial charge is 0.493 e. The van der Waals surface area contributed by atoms with E-state index in [-0.39, 0.29) is 17.2 Å². The highest BCUT2D eigenvalue weighted by molar-refractivity contribution is 9.10. The number of nitriles is 2. The molecule has 1 N–H and O–H groups in total. The van der Waals surface area contributed by atoms with Crippen molar-refractivity contribution in [2.24, 2.45) is 0 Å². The van der Waals surface area contributed by atoms with Gasteiger partial charge in [0.2, 0.25) is 0 Å². The summed E-state index contributed by atoms with van der Waals surface area (Å²) >= 11 is 15.3. The lowest BCUT2D eigenvalue weighted by Crippen LogP contribution is -2.13. The smallest absolute Gasteiger partial charge is 0.266 e. The van der Waals surface area contributed by atoms with Crippen LogP contribution >= 0.6 is 39.1 Å². The van der Waals surface area contributed by atoms with Gasteiger partial charge in [-0.15, -0.1) is 0 Å². The van der Waals surface area contributed by atoms with E-state index in [1.165, 1.54) is 19.3 Å². The highest BCUT2D eigenvalue weighted by Crippen LogP contribution is 2.35. The van der Waals surface area contributed by atoms with Gasteiger partial charge in [0.25, 0.3) is 5.91 Å². The van der Waals surface area contributed by atoms with Crippen LogP contribution in [0.25, 0.3) is 6.08 Å². The number of carbonyl (C=O) groups is 1. The van der Waals surface area contributed by atoms with Gasteiger partial charge in [-0.05, 0) is 48.0 Å². The summed E-state index contributed by atoms with van der Waals surface area (Å²) in [5, 5.41) is 22.0. The van der Waals surface area contributed by atoms with Gasteiger partial charge in [0, 0.05) is 15.7 Å². The molecule has 3 rings (SSSR count). The van der Waals surface area contributed by atoms with Crippen molar-refractivity contribution in [2.75, 3.05) is 12.4 Å². The third-order valence-electron chi connectivity index (χ3n) is 4.65. The van der Waals surface area contributed by atoms with Gasteiger partial charge in [0.1, 0.15) is 18.2 Å². The Labute approximate surface area is 215 Å². The Morgan fingerprint density at radius 3 is 2.53 bits per heavy atom. The normalized spacial score (nSPS) is 10.7. The molecule has 34 heavy (non-hydrogen) atoms. The van der Waals surface area contributed by atoms with Crippen LogP contribution in [0.3, 0.4) is 0 Å². The number of hydrogen-bond donors (Lipinski definition) is 1. The summed E-state index contributed by atoms with van der Waals surface area (Å²) in [6, 6.07) is 19.1. The Balaban J connectivity index is 1.84. The first-order chi connectivity index (χ1) is 16.4. The van der Waals surface area contributed by atoms with Crippen LogP contribution in [0.2, 0.25) is 10.0 Å². The van der Waals surface area contributed by atoms with E-state index in [9.17, 15) is 15.3 Å². The van der Waals surface area contributed by atoms with Gasteiger partial charge in [0.15, 0.2) is 11.5 Å².